The van der Waals surface area contributed by atoms with Gasteiger partial charge in [0.1, 0.15) is 11.9 Å². The van der Waals surface area contributed by atoms with E-state index in [1.165, 1.54) is 17.2 Å². The van der Waals surface area contributed by atoms with Gasteiger partial charge in [-0.2, -0.15) is 5.26 Å². The van der Waals surface area contributed by atoms with Crippen LogP contribution in [-0.4, -0.2) is 33.7 Å². The first-order valence-corrected chi connectivity index (χ1v) is 8.55. The Labute approximate surface area is 153 Å². The van der Waals surface area contributed by atoms with Crippen molar-refractivity contribution in [3.05, 3.63) is 62.3 Å². The number of nitriles is 1. The van der Waals surface area contributed by atoms with E-state index in [0.717, 1.165) is 17.5 Å². The average Bonchev–Trinajstić information content (AvgIpc) is 2.64. The molecule has 0 saturated heterocycles. The van der Waals surface area contributed by atoms with Crippen molar-refractivity contribution in [1.82, 2.24) is 14.0 Å². The van der Waals surface area contributed by atoms with Crippen molar-refractivity contribution >= 4 is 5.82 Å². The van der Waals surface area contributed by atoms with E-state index < -0.39 is 11.2 Å². The van der Waals surface area contributed by atoms with E-state index in [1.54, 1.807) is 7.05 Å². The Balaban J connectivity index is 2.03. The van der Waals surface area contributed by atoms with Gasteiger partial charge in [0.05, 0.1) is 0 Å². The molecule has 0 bridgehead atoms. The normalized spacial score (nSPS) is 12.0. The van der Waals surface area contributed by atoms with Gasteiger partial charge in [0, 0.05) is 33.2 Å². The van der Waals surface area contributed by atoms with E-state index in [9.17, 15) is 14.9 Å². The van der Waals surface area contributed by atoms with Crippen molar-refractivity contribution in [3.63, 3.8) is 0 Å². The number of nitrogens with one attached hydrogen (secondary N) is 1. The van der Waals surface area contributed by atoms with Gasteiger partial charge in [-0.15, -0.1) is 0 Å². The first-order valence-electron chi connectivity index (χ1n) is 8.55. The highest BCUT2D eigenvalue weighted by Crippen LogP contribution is 2.11. The van der Waals surface area contributed by atoms with Crippen molar-refractivity contribution < 1.29 is 0 Å². The number of benzene rings is 1. The Morgan fingerprint density at radius 3 is 2.46 bits per heavy atom. The Morgan fingerprint density at radius 1 is 1.19 bits per heavy atom. The van der Waals surface area contributed by atoms with Gasteiger partial charge in [-0.1, -0.05) is 30.3 Å². The second-order valence-electron chi connectivity index (χ2n) is 6.51. The molecule has 7 heteroatoms. The van der Waals surface area contributed by atoms with Crippen LogP contribution in [0, 0.1) is 11.3 Å². The van der Waals surface area contributed by atoms with Crippen LogP contribution >= 0.6 is 0 Å². The first-order chi connectivity index (χ1) is 12.4. The van der Waals surface area contributed by atoms with Crippen molar-refractivity contribution in [1.29, 1.82) is 5.26 Å². The van der Waals surface area contributed by atoms with Crippen LogP contribution in [0.3, 0.4) is 0 Å². The van der Waals surface area contributed by atoms with Gasteiger partial charge in [0.15, 0.2) is 5.56 Å². The highest BCUT2D eigenvalue weighted by atomic mass is 16.2. The summed E-state index contributed by atoms with van der Waals surface area (Å²) in [7, 11) is 4.98. The standard InChI is InChI=1S/C19H25N5O2/c1-14(22(2)13-15-8-6-5-7-9-15)10-11-21-17-16(12-20)18(25)24(4)19(26)23(17)3/h5-9,14,21H,10-11,13H2,1-4H3. The summed E-state index contributed by atoms with van der Waals surface area (Å²) in [5.41, 5.74) is 0.175. The number of nitrogens with zero attached hydrogens (tertiary/aromatic N) is 4. The third kappa shape index (κ3) is 4.21. The lowest BCUT2D eigenvalue weighted by molar-refractivity contribution is 0.241. The molecule has 2 aromatic rings. The number of aromatic nitrogens is 2. The molecule has 1 unspecified atom stereocenters. The van der Waals surface area contributed by atoms with Crippen LogP contribution in [0.1, 0.15) is 24.5 Å². The molecule has 0 amide bonds. The fourth-order valence-electron chi connectivity index (χ4n) is 2.80. The molecule has 0 saturated carbocycles. The summed E-state index contributed by atoms with van der Waals surface area (Å²) >= 11 is 0. The zero-order chi connectivity index (χ0) is 19.3. The number of rotatable bonds is 7. The predicted octanol–water partition coefficient (Wildman–Crippen LogP) is 1.28. The van der Waals surface area contributed by atoms with Crippen LogP contribution in [-0.2, 0) is 20.6 Å². The van der Waals surface area contributed by atoms with Crippen molar-refractivity contribution in [3.8, 4) is 6.07 Å². The molecule has 2 rings (SSSR count). The van der Waals surface area contributed by atoms with Crippen molar-refractivity contribution in [2.75, 3.05) is 18.9 Å². The van der Waals surface area contributed by atoms with E-state index in [2.05, 4.69) is 36.3 Å². The zero-order valence-corrected chi connectivity index (χ0v) is 15.7. The molecule has 1 heterocycles. The Morgan fingerprint density at radius 2 is 1.85 bits per heavy atom. The van der Waals surface area contributed by atoms with Gasteiger partial charge in [-0.25, -0.2) is 4.79 Å². The molecule has 1 N–H and O–H groups in total. The van der Waals surface area contributed by atoms with Gasteiger partial charge in [0.2, 0.25) is 0 Å². The smallest absolute Gasteiger partial charge is 0.332 e. The summed E-state index contributed by atoms with van der Waals surface area (Å²) in [5, 5.41) is 12.4. The molecule has 7 nitrogen and oxygen atoms in total. The van der Waals surface area contributed by atoms with Crippen LogP contribution in [0.15, 0.2) is 39.9 Å². The van der Waals surface area contributed by atoms with Gasteiger partial charge >= 0.3 is 5.69 Å². The van der Waals surface area contributed by atoms with E-state index >= 15 is 0 Å². The van der Waals surface area contributed by atoms with Crippen molar-refractivity contribution in [2.45, 2.75) is 25.9 Å². The average molecular weight is 355 g/mol. The zero-order valence-electron chi connectivity index (χ0n) is 15.7. The Hall–Kier alpha value is -2.85. The van der Waals surface area contributed by atoms with Crippen LogP contribution in [0.5, 0.6) is 0 Å². The third-order valence-corrected chi connectivity index (χ3v) is 4.66. The molecule has 1 atom stereocenters. The summed E-state index contributed by atoms with van der Waals surface area (Å²) in [6, 6.07) is 12.4. The molecule has 0 radical (unpaired) electrons. The van der Waals surface area contributed by atoms with Crippen LogP contribution in [0.2, 0.25) is 0 Å². The SMILES string of the molecule is CC(CCNc1c(C#N)c(=O)n(C)c(=O)n1C)N(C)Cc1ccccc1. The molecular weight excluding hydrogens is 330 g/mol. The van der Waals surface area contributed by atoms with E-state index in [-0.39, 0.29) is 17.4 Å². The van der Waals surface area contributed by atoms with Crippen LogP contribution in [0.25, 0.3) is 0 Å². The molecule has 0 aliphatic rings. The molecule has 0 aliphatic carbocycles. The lowest BCUT2D eigenvalue weighted by atomic mass is 10.1. The summed E-state index contributed by atoms with van der Waals surface area (Å²) < 4.78 is 2.25. The first kappa shape index (κ1) is 19.5. The molecule has 0 spiro atoms. The van der Waals surface area contributed by atoms with Crippen molar-refractivity contribution in [2.24, 2.45) is 14.1 Å². The van der Waals surface area contributed by atoms with E-state index in [0.29, 0.717) is 6.54 Å². The second kappa shape index (κ2) is 8.50. The van der Waals surface area contributed by atoms with E-state index in [1.807, 2.05) is 24.3 Å². The highest BCUT2D eigenvalue weighted by molar-refractivity contribution is 5.51. The number of hydrogen-bond donors (Lipinski definition) is 1. The molecule has 138 valence electrons. The topological polar surface area (TPSA) is 83.1 Å². The monoisotopic (exact) mass is 355 g/mol. The van der Waals surface area contributed by atoms with Gasteiger partial charge in [-0.3, -0.25) is 18.8 Å². The maximum Gasteiger partial charge on any atom is 0.332 e. The fraction of sp³-hybridized carbons (Fsp3) is 0.421. The Kier molecular flexibility index (Phi) is 6.36. The molecule has 0 aliphatic heterocycles. The minimum atomic E-state index is -0.577. The summed E-state index contributed by atoms with van der Waals surface area (Å²) in [6.45, 7) is 3.52. The molecule has 26 heavy (non-hydrogen) atoms. The minimum Gasteiger partial charge on any atom is -0.370 e. The lowest BCUT2D eigenvalue weighted by Crippen LogP contribution is -2.40. The Bertz CT molecular complexity index is 908. The third-order valence-electron chi connectivity index (χ3n) is 4.66. The van der Waals surface area contributed by atoms with Crippen LogP contribution in [0.4, 0.5) is 5.82 Å². The van der Waals surface area contributed by atoms with Crippen LogP contribution < -0.4 is 16.6 Å². The molecule has 1 aromatic carbocycles. The van der Waals surface area contributed by atoms with Gasteiger partial charge < -0.3 is 5.32 Å². The largest absolute Gasteiger partial charge is 0.370 e. The predicted molar refractivity (Wildman–Crippen MR) is 102 cm³/mol. The molecule has 0 fully saturated rings. The minimum absolute atomic E-state index is 0.0418. The molecule has 1 aromatic heterocycles. The number of anilines is 1. The summed E-state index contributed by atoms with van der Waals surface area (Å²) in [4.78, 5) is 26.4. The fourth-order valence-corrected chi connectivity index (χ4v) is 2.80. The number of hydrogen-bond acceptors (Lipinski definition) is 5. The van der Waals surface area contributed by atoms with Gasteiger partial charge in [-0.05, 0) is 26.0 Å². The molecular formula is C19H25N5O2. The maximum absolute atomic E-state index is 12.1. The lowest BCUT2D eigenvalue weighted by Gasteiger charge is -2.25. The van der Waals surface area contributed by atoms with E-state index in [4.69, 9.17) is 0 Å². The summed E-state index contributed by atoms with van der Waals surface area (Å²) in [5.74, 6) is 0.276. The summed E-state index contributed by atoms with van der Waals surface area (Å²) in [6.07, 6.45) is 0.803. The van der Waals surface area contributed by atoms with Gasteiger partial charge in [0.25, 0.3) is 5.56 Å². The second-order valence-corrected chi connectivity index (χ2v) is 6.51. The quantitative estimate of drug-likeness (QED) is 0.809. The maximum atomic E-state index is 12.1. The highest BCUT2D eigenvalue weighted by Gasteiger charge is 2.16.